The Kier molecular flexibility index (Phi) is 10.7. The zero-order valence-electron chi connectivity index (χ0n) is 23.7. The molecule has 0 radical (unpaired) electrons. The van der Waals surface area contributed by atoms with Gasteiger partial charge in [0.1, 0.15) is 5.54 Å². The molecular formula is C30H40ClN5O4. The normalized spacial score (nSPS) is 18.4. The van der Waals surface area contributed by atoms with Gasteiger partial charge in [-0.15, -0.1) is 0 Å². The van der Waals surface area contributed by atoms with E-state index in [0.717, 1.165) is 16.0 Å². The summed E-state index contributed by atoms with van der Waals surface area (Å²) in [5, 5.41) is 12.3. The van der Waals surface area contributed by atoms with Crippen LogP contribution in [-0.4, -0.2) is 59.4 Å². The summed E-state index contributed by atoms with van der Waals surface area (Å²) in [5.41, 5.74) is 6.85. The number of hydrogen-bond acceptors (Lipinski definition) is 6. The van der Waals surface area contributed by atoms with Gasteiger partial charge in [0.05, 0.1) is 13.2 Å². The fourth-order valence-electron chi connectivity index (χ4n) is 5.36. The SMILES string of the molecule is CCC(CCCN1C(=N)NC(CC(C)C)(c2ccccc2)C1=O)N(C(=O)OC)C(=O)[C@@H](N)Cc1cccc(Cl)c1. The van der Waals surface area contributed by atoms with Crippen molar-refractivity contribution in [3.05, 3.63) is 70.7 Å². The highest BCUT2D eigenvalue weighted by Crippen LogP contribution is 2.35. The highest BCUT2D eigenvalue weighted by Gasteiger charge is 2.50. The lowest BCUT2D eigenvalue weighted by atomic mass is 9.82. The minimum Gasteiger partial charge on any atom is -0.452 e. The van der Waals surface area contributed by atoms with Crippen LogP contribution in [0.2, 0.25) is 5.02 Å². The maximum Gasteiger partial charge on any atom is 0.416 e. The molecule has 0 spiro atoms. The first kappa shape index (κ1) is 31.1. The zero-order chi connectivity index (χ0) is 29.4. The van der Waals surface area contributed by atoms with Gasteiger partial charge in [-0.25, -0.2) is 9.69 Å². The van der Waals surface area contributed by atoms with E-state index >= 15 is 0 Å². The fourth-order valence-corrected chi connectivity index (χ4v) is 5.57. The number of rotatable bonds is 12. The van der Waals surface area contributed by atoms with E-state index < -0.39 is 29.6 Å². The molecule has 3 amide bonds. The summed E-state index contributed by atoms with van der Waals surface area (Å²) < 4.78 is 4.94. The summed E-state index contributed by atoms with van der Waals surface area (Å²) in [4.78, 5) is 42.4. The predicted octanol–water partition coefficient (Wildman–Crippen LogP) is 4.67. The van der Waals surface area contributed by atoms with Crippen molar-refractivity contribution >= 4 is 35.5 Å². The molecule has 1 heterocycles. The second-order valence-corrected chi connectivity index (χ2v) is 11.1. The van der Waals surface area contributed by atoms with E-state index in [1.54, 1.807) is 18.2 Å². The monoisotopic (exact) mass is 569 g/mol. The number of amides is 3. The molecule has 1 fully saturated rings. The Labute approximate surface area is 241 Å². The molecule has 0 saturated carbocycles. The van der Waals surface area contributed by atoms with Gasteiger partial charge in [0.15, 0.2) is 5.96 Å². The van der Waals surface area contributed by atoms with Gasteiger partial charge in [-0.3, -0.25) is 19.9 Å². The van der Waals surface area contributed by atoms with Crippen molar-refractivity contribution in [2.24, 2.45) is 11.7 Å². The minimum atomic E-state index is -1.00. The highest BCUT2D eigenvalue weighted by atomic mass is 35.5. The molecular weight excluding hydrogens is 530 g/mol. The second-order valence-electron chi connectivity index (χ2n) is 10.6. The van der Waals surface area contributed by atoms with Crippen LogP contribution in [0.25, 0.3) is 0 Å². The van der Waals surface area contributed by atoms with Crippen LogP contribution in [0.1, 0.15) is 57.6 Å². The van der Waals surface area contributed by atoms with Gasteiger partial charge in [-0.1, -0.05) is 74.8 Å². The van der Waals surface area contributed by atoms with Gasteiger partial charge >= 0.3 is 6.09 Å². The summed E-state index contributed by atoms with van der Waals surface area (Å²) in [7, 11) is 1.23. The average molecular weight is 570 g/mol. The van der Waals surface area contributed by atoms with Crippen molar-refractivity contribution in [3.8, 4) is 0 Å². The molecule has 1 aliphatic heterocycles. The topological polar surface area (TPSA) is 129 Å². The van der Waals surface area contributed by atoms with E-state index in [9.17, 15) is 14.4 Å². The first-order chi connectivity index (χ1) is 19.0. The number of imide groups is 1. The number of methoxy groups -OCH3 is 1. The van der Waals surface area contributed by atoms with E-state index in [1.807, 2.05) is 57.2 Å². The van der Waals surface area contributed by atoms with Crippen molar-refractivity contribution in [1.82, 2.24) is 15.1 Å². The van der Waals surface area contributed by atoms with Gasteiger partial charge in [0, 0.05) is 17.6 Å². The molecule has 3 rings (SSSR count). The summed E-state index contributed by atoms with van der Waals surface area (Å²) in [6, 6.07) is 15.1. The molecule has 2 aromatic rings. The quantitative estimate of drug-likeness (QED) is 0.341. The van der Waals surface area contributed by atoms with Crippen LogP contribution >= 0.6 is 11.6 Å². The lowest BCUT2D eigenvalue weighted by Crippen LogP contribution is -2.52. The van der Waals surface area contributed by atoms with Crippen LogP contribution in [0, 0.1) is 11.3 Å². The molecule has 2 unspecified atom stereocenters. The molecule has 3 atom stereocenters. The third kappa shape index (κ3) is 7.01. The first-order valence-corrected chi connectivity index (χ1v) is 14.1. The summed E-state index contributed by atoms with van der Waals surface area (Å²) in [5.74, 6) is -0.447. The standard InChI is InChI=1S/C30H40ClN5O4/c1-5-24(36(29(39)40-4)26(37)25(32)18-21-11-9-14-23(31)17-21)15-10-16-35-27(38)30(19-20(2)3,34-28(35)33)22-12-7-6-8-13-22/h6-9,11-14,17,20,24-25H,5,10,15-16,18-19,32H2,1-4H3,(H2,33,34)/t24?,25-,30?/m0/s1. The zero-order valence-corrected chi connectivity index (χ0v) is 24.4. The molecule has 2 aromatic carbocycles. The molecule has 10 heteroatoms. The largest absolute Gasteiger partial charge is 0.452 e. The number of halogens is 1. The lowest BCUT2D eigenvalue weighted by Gasteiger charge is -2.31. The first-order valence-electron chi connectivity index (χ1n) is 13.7. The number of ether oxygens (including phenoxy) is 1. The van der Waals surface area contributed by atoms with Crippen molar-refractivity contribution in [2.75, 3.05) is 13.7 Å². The van der Waals surface area contributed by atoms with Gasteiger partial charge in [0.25, 0.3) is 5.91 Å². The number of nitrogens with two attached hydrogens (primary N) is 1. The smallest absolute Gasteiger partial charge is 0.416 e. The molecule has 216 valence electrons. The number of guanidine groups is 1. The van der Waals surface area contributed by atoms with Crippen LogP contribution < -0.4 is 11.1 Å². The summed E-state index contributed by atoms with van der Waals surface area (Å²) in [6.45, 7) is 6.25. The van der Waals surface area contributed by atoms with Crippen LogP contribution in [0.5, 0.6) is 0 Å². The molecule has 1 aliphatic rings. The Morgan fingerprint density at radius 2 is 1.88 bits per heavy atom. The molecule has 0 aliphatic carbocycles. The van der Waals surface area contributed by atoms with E-state index in [1.165, 1.54) is 12.0 Å². The van der Waals surface area contributed by atoms with Gasteiger partial charge in [0.2, 0.25) is 5.91 Å². The Hall–Kier alpha value is -3.43. The summed E-state index contributed by atoms with van der Waals surface area (Å²) in [6.07, 6.45) is 1.35. The van der Waals surface area contributed by atoms with Gasteiger partial charge in [-0.05, 0) is 61.3 Å². The van der Waals surface area contributed by atoms with Crippen molar-refractivity contribution in [1.29, 1.82) is 5.41 Å². The Morgan fingerprint density at radius 1 is 1.18 bits per heavy atom. The van der Waals surface area contributed by atoms with Gasteiger partial charge in [-0.2, -0.15) is 0 Å². The molecule has 9 nitrogen and oxygen atoms in total. The molecule has 0 aromatic heterocycles. The summed E-state index contributed by atoms with van der Waals surface area (Å²) >= 11 is 6.07. The molecule has 1 saturated heterocycles. The van der Waals surface area contributed by atoms with Crippen LogP contribution in [0.3, 0.4) is 0 Å². The highest BCUT2D eigenvalue weighted by molar-refractivity contribution is 6.30. The third-order valence-electron chi connectivity index (χ3n) is 7.22. The fraction of sp³-hybridized carbons (Fsp3) is 0.467. The van der Waals surface area contributed by atoms with Gasteiger partial charge < -0.3 is 15.8 Å². The third-order valence-corrected chi connectivity index (χ3v) is 7.45. The number of nitrogens with zero attached hydrogens (tertiary/aromatic N) is 2. The second kappa shape index (κ2) is 13.8. The van der Waals surface area contributed by atoms with Crippen molar-refractivity contribution in [3.63, 3.8) is 0 Å². The Bertz CT molecular complexity index is 1210. The number of hydrogen-bond donors (Lipinski definition) is 3. The Morgan fingerprint density at radius 3 is 2.48 bits per heavy atom. The van der Waals surface area contributed by atoms with Crippen LogP contribution in [0.4, 0.5) is 4.79 Å². The number of carbonyl (C=O) groups is 3. The number of carbonyl (C=O) groups excluding carboxylic acids is 3. The number of nitrogens with one attached hydrogen (secondary N) is 2. The lowest BCUT2D eigenvalue weighted by molar-refractivity contribution is -0.134. The average Bonchev–Trinajstić information content (AvgIpc) is 3.16. The van der Waals surface area contributed by atoms with Crippen LogP contribution in [-0.2, 0) is 26.3 Å². The maximum atomic E-state index is 13.8. The predicted molar refractivity (Wildman–Crippen MR) is 156 cm³/mol. The van der Waals surface area contributed by atoms with E-state index in [4.69, 9.17) is 27.5 Å². The number of benzene rings is 2. The molecule has 40 heavy (non-hydrogen) atoms. The minimum absolute atomic E-state index is 0.0481. The van der Waals surface area contributed by atoms with E-state index in [-0.39, 0.29) is 30.8 Å². The van der Waals surface area contributed by atoms with Crippen molar-refractivity contribution < 1.29 is 19.1 Å². The van der Waals surface area contributed by atoms with E-state index in [0.29, 0.717) is 30.7 Å². The molecule has 4 N–H and O–H groups in total. The van der Waals surface area contributed by atoms with E-state index in [2.05, 4.69) is 5.32 Å². The van der Waals surface area contributed by atoms with Crippen LogP contribution in [0.15, 0.2) is 54.6 Å². The Balaban J connectivity index is 1.72. The molecule has 0 bridgehead atoms. The maximum absolute atomic E-state index is 13.8. The van der Waals surface area contributed by atoms with Crippen molar-refractivity contribution in [2.45, 2.75) is 70.5 Å².